The Morgan fingerprint density at radius 2 is 1.85 bits per heavy atom. The molecule has 0 fully saturated rings. The first-order chi connectivity index (χ1) is 9.79. The van der Waals surface area contributed by atoms with E-state index in [0.717, 1.165) is 13.0 Å². The molecule has 1 N–H and O–H groups in total. The molecule has 1 aromatic carbocycles. The highest BCUT2D eigenvalue weighted by Crippen LogP contribution is 2.22. The van der Waals surface area contributed by atoms with Gasteiger partial charge in [-0.3, -0.25) is 0 Å². The summed E-state index contributed by atoms with van der Waals surface area (Å²) in [5, 5.41) is 3.60. The van der Waals surface area contributed by atoms with Crippen molar-refractivity contribution in [3.05, 3.63) is 47.3 Å². The lowest BCUT2D eigenvalue weighted by molar-refractivity contribution is 0.535. The predicted octanol–water partition coefficient (Wildman–Crippen LogP) is 4.63. The van der Waals surface area contributed by atoms with Crippen molar-refractivity contribution in [2.24, 2.45) is 0 Å². The van der Waals surface area contributed by atoms with Crippen molar-refractivity contribution in [1.29, 1.82) is 0 Å². The molecule has 0 saturated heterocycles. The first-order valence-electron chi connectivity index (χ1n) is 7.96. The maximum Gasteiger partial charge on any atom is 0.123 e. The number of likely N-dealkylation sites (N-methyl/N-ethyl adjacent to an activating group) is 1. The maximum atomic E-state index is 13.0. The second-order valence-electron chi connectivity index (χ2n) is 5.67. The van der Waals surface area contributed by atoms with Crippen molar-refractivity contribution < 1.29 is 4.39 Å². The largest absolute Gasteiger partial charge is 0.310 e. The van der Waals surface area contributed by atoms with E-state index >= 15 is 0 Å². The Labute approximate surface area is 122 Å². The second kappa shape index (κ2) is 8.21. The molecule has 2 rings (SSSR count). The van der Waals surface area contributed by atoms with E-state index in [9.17, 15) is 4.39 Å². The molecule has 1 aliphatic rings. The van der Waals surface area contributed by atoms with Crippen LogP contribution in [0.2, 0.25) is 0 Å². The Morgan fingerprint density at radius 1 is 1.10 bits per heavy atom. The predicted molar refractivity (Wildman–Crippen MR) is 83.4 cm³/mol. The van der Waals surface area contributed by atoms with E-state index in [4.69, 9.17) is 0 Å². The Kier molecular flexibility index (Phi) is 6.25. The molecule has 0 bridgehead atoms. The first-order valence-corrected chi connectivity index (χ1v) is 7.96. The van der Waals surface area contributed by atoms with E-state index in [1.807, 2.05) is 12.1 Å². The van der Waals surface area contributed by atoms with Gasteiger partial charge in [0.1, 0.15) is 5.82 Å². The third kappa shape index (κ3) is 4.75. The molecule has 1 aliphatic carbocycles. The minimum absolute atomic E-state index is 0.154. The van der Waals surface area contributed by atoms with Crippen molar-refractivity contribution in [2.45, 2.75) is 57.9 Å². The van der Waals surface area contributed by atoms with Gasteiger partial charge in [0.25, 0.3) is 0 Å². The van der Waals surface area contributed by atoms with E-state index < -0.39 is 0 Å². The van der Waals surface area contributed by atoms with Crippen LogP contribution in [0.25, 0.3) is 0 Å². The average Bonchev–Trinajstić information content (AvgIpc) is 2.41. The summed E-state index contributed by atoms with van der Waals surface area (Å²) in [6.07, 6.45) is 11.2. The molecule has 1 unspecified atom stereocenters. The molecule has 0 amide bonds. The van der Waals surface area contributed by atoms with Crippen molar-refractivity contribution in [3.8, 4) is 0 Å². The van der Waals surface area contributed by atoms with Gasteiger partial charge in [-0.15, -0.1) is 0 Å². The lowest BCUT2D eigenvalue weighted by Gasteiger charge is -2.23. The third-order valence-electron chi connectivity index (χ3n) is 4.08. The Bertz CT molecular complexity index is 422. The zero-order valence-electron chi connectivity index (χ0n) is 12.5. The molecule has 2 heteroatoms. The number of hydrogen-bond donors (Lipinski definition) is 1. The van der Waals surface area contributed by atoms with Gasteiger partial charge in [-0.05, 0) is 56.3 Å². The minimum Gasteiger partial charge on any atom is -0.310 e. The van der Waals surface area contributed by atoms with E-state index in [2.05, 4.69) is 18.3 Å². The van der Waals surface area contributed by atoms with Gasteiger partial charge in [0, 0.05) is 6.04 Å². The van der Waals surface area contributed by atoms with Crippen molar-refractivity contribution in [3.63, 3.8) is 0 Å². The quantitative estimate of drug-likeness (QED) is 0.773. The van der Waals surface area contributed by atoms with Crippen LogP contribution in [0.5, 0.6) is 0 Å². The summed E-state index contributed by atoms with van der Waals surface area (Å²) in [6.45, 7) is 3.13. The van der Waals surface area contributed by atoms with Gasteiger partial charge < -0.3 is 5.32 Å². The van der Waals surface area contributed by atoms with E-state index in [1.165, 1.54) is 44.1 Å². The van der Waals surface area contributed by atoms with Crippen LogP contribution in [0.4, 0.5) is 4.39 Å². The SMILES string of the molecule is CCNC(Cc1ccc(F)cc1)/C1=C/CCCCCC1. The fourth-order valence-electron chi connectivity index (χ4n) is 2.97. The smallest absolute Gasteiger partial charge is 0.123 e. The molecular formula is C18H26FN. The highest BCUT2D eigenvalue weighted by Gasteiger charge is 2.14. The highest BCUT2D eigenvalue weighted by atomic mass is 19.1. The average molecular weight is 275 g/mol. The lowest BCUT2D eigenvalue weighted by Crippen LogP contribution is -2.33. The zero-order valence-corrected chi connectivity index (χ0v) is 12.5. The van der Waals surface area contributed by atoms with Crippen LogP contribution in [0.1, 0.15) is 51.0 Å². The van der Waals surface area contributed by atoms with Crippen LogP contribution in [0, 0.1) is 5.82 Å². The topological polar surface area (TPSA) is 12.0 Å². The van der Waals surface area contributed by atoms with Crippen LogP contribution in [-0.4, -0.2) is 12.6 Å². The molecule has 20 heavy (non-hydrogen) atoms. The van der Waals surface area contributed by atoms with Gasteiger partial charge in [-0.25, -0.2) is 4.39 Å². The van der Waals surface area contributed by atoms with Gasteiger partial charge in [-0.2, -0.15) is 0 Å². The van der Waals surface area contributed by atoms with E-state index in [0.29, 0.717) is 6.04 Å². The number of hydrogen-bond acceptors (Lipinski definition) is 1. The number of halogens is 1. The van der Waals surface area contributed by atoms with E-state index in [1.54, 1.807) is 17.7 Å². The lowest BCUT2D eigenvalue weighted by atomic mass is 9.91. The molecule has 0 radical (unpaired) electrons. The second-order valence-corrected chi connectivity index (χ2v) is 5.67. The molecule has 1 nitrogen and oxygen atoms in total. The minimum atomic E-state index is -0.154. The Balaban J connectivity index is 2.06. The summed E-state index contributed by atoms with van der Waals surface area (Å²) >= 11 is 0. The number of allylic oxidation sites excluding steroid dienone is 1. The summed E-state index contributed by atoms with van der Waals surface area (Å²) < 4.78 is 13.0. The molecule has 110 valence electrons. The first kappa shape index (κ1) is 15.2. The summed E-state index contributed by atoms with van der Waals surface area (Å²) in [7, 11) is 0. The number of rotatable bonds is 5. The maximum absolute atomic E-state index is 13.0. The van der Waals surface area contributed by atoms with Crippen LogP contribution in [-0.2, 0) is 6.42 Å². The van der Waals surface area contributed by atoms with Gasteiger partial charge >= 0.3 is 0 Å². The summed E-state index contributed by atoms with van der Waals surface area (Å²) in [5.74, 6) is -0.154. The van der Waals surface area contributed by atoms with Gasteiger partial charge in [0.2, 0.25) is 0 Å². The van der Waals surface area contributed by atoms with Crippen LogP contribution in [0.3, 0.4) is 0 Å². The monoisotopic (exact) mass is 275 g/mol. The fourth-order valence-corrected chi connectivity index (χ4v) is 2.97. The van der Waals surface area contributed by atoms with Gasteiger partial charge in [0.05, 0.1) is 0 Å². The Morgan fingerprint density at radius 3 is 2.60 bits per heavy atom. The van der Waals surface area contributed by atoms with Crippen LogP contribution in [0.15, 0.2) is 35.9 Å². The molecule has 0 spiro atoms. The molecule has 1 atom stereocenters. The standard InChI is InChI=1S/C18H26FN/c1-2-20-18(14-15-10-12-17(19)13-11-15)16-8-6-4-3-5-7-9-16/h8,10-13,18,20H,2-7,9,14H2,1H3/b16-8+. The highest BCUT2D eigenvalue weighted by molar-refractivity contribution is 5.22. The molecule has 0 aromatic heterocycles. The molecule has 0 aliphatic heterocycles. The summed E-state index contributed by atoms with van der Waals surface area (Å²) in [5.41, 5.74) is 2.76. The zero-order chi connectivity index (χ0) is 14.2. The number of benzene rings is 1. The fraction of sp³-hybridized carbons (Fsp3) is 0.556. The molecular weight excluding hydrogens is 249 g/mol. The van der Waals surface area contributed by atoms with Crippen LogP contribution < -0.4 is 5.32 Å². The molecule has 0 saturated carbocycles. The van der Waals surface area contributed by atoms with Crippen molar-refractivity contribution in [2.75, 3.05) is 6.54 Å². The van der Waals surface area contributed by atoms with Crippen LogP contribution >= 0.6 is 0 Å². The molecule has 0 heterocycles. The van der Waals surface area contributed by atoms with Crippen molar-refractivity contribution in [1.82, 2.24) is 5.32 Å². The van der Waals surface area contributed by atoms with Gasteiger partial charge in [-0.1, -0.05) is 43.5 Å². The summed E-state index contributed by atoms with van der Waals surface area (Å²) in [4.78, 5) is 0. The van der Waals surface area contributed by atoms with E-state index in [-0.39, 0.29) is 5.82 Å². The normalized spacial score (nSPS) is 20.6. The third-order valence-corrected chi connectivity index (χ3v) is 4.08. The summed E-state index contributed by atoms with van der Waals surface area (Å²) in [6, 6.07) is 7.34. The van der Waals surface area contributed by atoms with Gasteiger partial charge in [0.15, 0.2) is 0 Å². The number of nitrogens with one attached hydrogen (secondary N) is 1. The Hall–Kier alpha value is -1.15. The molecule has 1 aromatic rings. The van der Waals surface area contributed by atoms with Crippen molar-refractivity contribution >= 4 is 0 Å².